The predicted molar refractivity (Wildman–Crippen MR) is 85.6 cm³/mol. The van der Waals surface area contributed by atoms with Crippen LogP contribution in [-0.4, -0.2) is 56.4 Å². The molecule has 5 heteroatoms. The number of hydrogen-bond donors (Lipinski definition) is 1. The fraction of sp³-hybridized carbons (Fsp3) is 0.938. The largest absolute Gasteiger partial charge is 0.378 e. The van der Waals surface area contributed by atoms with Gasteiger partial charge in [-0.1, -0.05) is 25.7 Å². The maximum atomic E-state index is 5.99. The zero-order chi connectivity index (χ0) is 14.8. The molecular formula is C16H31N3O2. The first-order valence-electron chi connectivity index (χ1n) is 8.60. The van der Waals surface area contributed by atoms with Crippen molar-refractivity contribution in [1.82, 2.24) is 4.90 Å². The Bertz CT molecular complexity index is 296. The summed E-state index contributed by atoms with van der Waals surface area (Å²) in [6.07, 6.45) is 10.6. The molecule has 2 rings (SSSR count). The fourth-order valence-electron chi connectivity index (χ4n) is 2.96. The number of ether oxygens (including phenoxy) is 2. The lowest BCUT2D eigenvalue weighted by Gasteiger charge is -2.27. The topological polar surface area (TPSA) is 60.1 Å². The maximum Gasteiger partial charge on any atom is 0.191 e. The summed E-state index contributed by atoms with van der Waals surface area (Å²) in [6.45, 7) is 4.91. The van der Waals surface area contributed by atoms with Crippen LogP contribution in [0.25, 0.3) is 0 Å². The van der Waals surface area contributed by atoms with Gasteiger partial charge in [-0.15, -0.1) is 0 Å². The maximum absolute atomic E-state index is 5.99. The molecule has 1 heterocycles. The van der Waals surface area contributed by atoms with Crippen molar-refractivity contribution in [2.24, 2.45) is 10.7 Å². The summed E-state index contributed by atoms with van der Waals surface area (Å²) >= 11 is 0. The second kappa shape index (κ2) is 10.0. The first-order valence-corrected chi connectivity index (χ1v) is 8.60. The Labute approximate surface area is 128 Å². The predicted octanol–water partition coefficient (Wildman–Crippen LogP) is 2.15. The van der Waals surface area contributed by atoms with Crippen molar-refractivity contribution in [3.63, 3.8) is 0 Å². The molecule has 0 aromatic rings. The summed E-state index contributed by atoms with van der Waals surface area (Å²) in [6, 6.07) is 0. The number of rotatable bonds is 6. The van der Waals surface area contributed by atoms with Crippen molar-refractivity contribution in [2.75, 3.05) is 39.5 Å². The number of aliphatic imine (C=N–C) groups is 1. The molecule has 2 fully saturated rings. The van der Waals surface area contributed by atoms with Crippen LogP contribution in [0.5, 0.6) is 0 Å². The second-order valence-corrected chi connectivity index (χ2v) is 6.03. The molecule has 1 saturated carbocycles. The average Bonchev–Trinajstić information content (AvgIpc) is 2.80. The monoisotopic (exact) mass is 297 g/mol. The van der Waals surface area contributed by atoms with Gasteiger partial charge in [0.2, 0.25) is 0 Å². The normalized spacial score (nSPS) is 22.3. The highest BCUT2D eigenvalue weighted by Crippen LogP contribution is 2.19. The smallest absolute Gasteiger partial charge is 0.191 e. The molecular weight excluding hydrogens is 266 g/mol. The molecule has 2 N–H and O–H groups in total. The lowest BCUT2D eigenvalue weighted by molar-refractivity contribution is 0.0412. The Morgan fingerprint density at radius 1 is 1.10 bits per heavy atom. The van der Waals surface area contributed by atoms with Crippen LogP contribution in [-0.2, 0) is 9.47 Å². The lowest BCUT2D eigenvalue weighted by Crippen LogP contribution is -2.44. The molecule has 21 heavy (non-hydrogen) atoms. The molecule has 1 aliphatic carbocycles. The Morgan fingerprint density at radius 3 is 2.52 bits per heavy atom. The van der Waals surface area contributed by atoms with Gasteiger partial charge in [0, 0.05) is 26.2 Å². The van der Waals surface area contributed by atoms with E-state index in [-0.39, 0.29) is 0 Å². The molecule has 0 amide bonds. The number of nitrogens with two attached hydrogens (primary N) is 1. The van der Waals surface area contributed by atoms with Crippen LogP contribution < -0.4 is 5.73 Å². The van der Waals surface area contributed by atoms with Crippen molar-refractivity contribution < 1.29 is 9.47 Å². The highest BCUT2D eigenvalue weighted by Gasteiger charge is 2.13. The molecule has 0 spiro atoms. The molecule has 2 aliphatic rings. The van der Waals surface area contributed by atoms with Crippen molar-refractivity contribution in [2.45, 2.75) is 57.5 Å². The van der Waals surface area contributed by atoms with E-state index in [0.29, 0.717) is 12.1 Å². The number of hydrogen-bond acceptors (Lipinski definition) is 3. The van der Waals surface area contributed by atoms with Gasteiger partial charge in [-0.2, -0.15) is 0 Å². The summed E-state index contributed by atoms with van der Waals surface area (Å²) in [5, 5.41) is 0. The van der Waals surface area contributed by atoms with E-state index in [0.717, 1.165) is 52.3 Å². The van der Waals surface area contributed by atoms with Gasteiger partial charge in [0.1, 0.15) is 0 Å². The van der Waals surface area contributed by atoms with Crippen LogP contribution in [0.2, 0.25) is 0 Å². The van der Waals surface area contributed by atoms with E-state index in [4.69, 9.17) is 15.2 Å². The Balaban J connectivity index is 1.50. The van der Waals surface area contributed by atoms with E-state index in [2.05, 4.69) is 9.89 Å². The number of morpholine rings is 1. The van der Waals surface area contributed by atoms with Gasteiger partial charge < -0.3 is 20.1 Å². The third-order valence-corrected chi connectivity index (χ3v) is 4.32. The summed E-state index contributed by atoms with van der Waals surface area (Å²) in [7, 11) is 0. The standard InChI is InChI=1S/C16H31N3O2/c17-16(19-10-13-20-14-11-19)18-9-5-6-12-21-15-7-3-1-2-4-8-15/h15H,1-14H2,(H2,17,18). The fourth-order valence-corrected chi connectivity index (χ4v) is 2.96. The van der Waals surface area contributed by atoms with Gasteiger partial charge in [-0.05, 0) is 25.7 Å². The van der Waals surface area contributed by atoms with Crippen molar-refractivity contribution >= 4 is 5.96 Å². The zero-order valence-corrected chi connectivity index (χ0v) is 13.3. The van der Waals surface area contributed by atoms with Crippen LogP contribution >= 0.6 is 0 Å². The van der Waals surface area contributed by atoms with Gasteiger partial charge in [0.05, 0.1) is 19.3 Å². The number of unbranched alkanes of at least 4 members (excludes halogenated alkanes) is 1. The molecule has 0 aromatic carbocycles. The summed E-state index contributed by atoms with van der Waals surface area (Å²) in [5.41, 5.74) is 5.99. The Kier molecular flexibility index (Phi) is 7.89. The number of guanidine groups is 1. The summed E-state index contributed by atoms with van der Waals surface area (Å²) in [4.78, 5) is 6.56. The zero-order valence-electron chi connectivity index (χ0n) is 13.3. The molecule has 5 nitrogen and oxygen atoms in total. The first kappa shape index (κ1) is 16.6. The number of nitrogens with zero attached hydrogens (tertiary/aromatic N) is 2. The second-order valence-electron chi connectivity index (χ2n) is 6.03. The van der Waals surface area contributed by atoms with Gasteiger partial charge in [-0.3, -0.25) is 4.99 Å². The highest BCUT2D eigenvalue weighted by atomic mass is 16.5. The SMILES string of the molecule is NC(=NCCCCOC1CCCCCC1)N1CCOCC1. The van der Waals surface area contributed by atoms with Crippen LogP contribution in [0.1, 0.15) is 51.4 Å². The Hall–Kier alpha value is -0.810. The van der Waals surface area contributed by atoms with Gasteiger partial charge in [0.25, 0.3) is 0 Å². The van der Waals surface area contributed by atoms with Gasteiger partial charge >= 0.3 is 0 Å². The molecule has 1 saturated heterocycles. The van der Waals surface area contributed by atoms with Gasteiger partial charge in [-0.25, -0.2) is 0 Å². The molecule has 0 aromatic heterocycles. The minimum Gasteiger partial charge on any atom is -0.378 e. The third kappa shape index (κ3) is 6.66. The van der Waals surface area contributed by atoms with Gasteiger partial charge in [0.15, 0.2) is 5.96 Å². The minimum atomic E-state index is 0.509. The molecule has 122 valence electrons. The van der Waals surface area contributed by atoms with Crippen molar-refractivity contribution in [1.29, 1.82) is 0 Å². The molecule has 0 atom stereocenters. The minimum absolute atomic E-state index is 0.509. The Morgan fingerprint density at radius 2 is 1.81 bits per heavy atom. The quantitative estimate of drug-likeness (QED) is 0.353. The lowest BCUT2D eigenvalue weighted by atomic mass is 10.1. The third-order valence-electron chi connectivity index (χ3n) is 4.32. The van der Waals surface area contributed by atoms with E-state index in [9.17, 15) is 0 Å². The first-order chi connectivity index (χ1) is 10.4. The van der Waals surface area contributed by atoms with Crippen molar-refractivity contribution in [3.05, 3.63) is 0 Å². The molecule has 0 unspecified atom stereocenters. The highest BCUT2D eigenvalue weighted by molar-refractivity contribution is 5.78. The summed E-state index contributed by atoms with van der Waals surface area (Å²) < 4.78 is 11.3. The van der Waals surface area contributed by atoms with E-state index >= 15 is 0 Å². The van der Waals surface area contributed by atoms with Crippen LogP contribution in [0.15, 0.2) is 4.99 Å². The van der Waals surface area contributed by atoms with E-state index in [1.807, 2.05) is 0 Å². The molecule has 0 bridgehead atoms. The van der Waals surface area contributed by atoms with E-state index in [1.165, 1.54) is 38.5 Å². The van der Waals surface area contributed by atoms with Crippen LogP contribution in [0.4, 0.5) is 0 Å². The van der Waals surface area contributed by atoms with E-state index < -0.39 is 0 Å². The van der Waals surface area contributed by atoms with Crippen molar-refractivity contribution in [3.8, 4) is 0 Å². The van der Waals surface area contributed by atoms with Crippen LogP contribution in [0, 0.1) is 0 Å². The molecule has 0 radical (unpaired) electrons. The summed E-state index contributed by atoms with van der Waals surface area (Å²) in [5.74, 6) is 0.669. The molecule has 1 aliphatic heterocycles. The van der Waals surface area contributed by atoms with Crippen LogP contribution in [0.3, 0.4) is 0 Å². The average molecular weight is 297 g/mol. The van der Waals surface area contributed by atoms with E-state index in [1.54, 1.807) is 0 Å².